The first-order valence-corrected chi connectivity index (χ1v) is 6.46. The average molecular weight is 193 g/mol. The maximum Gasteiger partial charge on any atom is 0.0182 e. The van der Waals surface area contributed by atoms with Gasteiger partial charge in [-0.15, -0.1) is 0 Å². The molecule has 0 radical (unpaired) electrons. The van der Waals surface area contributed by atoms with Crippen LogP contribution in [0, 0.1) is 23.7 Å². The zero-order valence-corrected chi connectivity index (χ0v) is 9.34. The van der Waals surface area contributed by atoms with Gasteiger partial charge in [-0.2, -0.15) is 0 Å². The van der Waals surface area contributed by atoms with Crippen molar-refractivity contribution >= 4 is 0 Å². The zero-order valence-electron chi connectivity index (χ0n) is 9.34. The van der Waals surface area contributed by atoms with Crippen LogP contribution in [0.1, 0.15) is 51.9 Å². The Hall–Kier alpha value is -0.0400. The quantitative estimate of drug-likeness (QED) is 0.717. The van der Waals surface area contributed by atoms with E-state index in [1.807, 2.05) is 0 Å². The summed E-state index contributed by atoms with van der Waals surface area (Å²) in [6.45, 7) is 2.36. The molecular formula is C13H23N. The van der Waals surface area contributed by atoms with Crippen LogP contribution in [0.25, 0.3) is 0 Å². The predicted molar refractivity (Wildman–Crippen MR) is 58.9 cm³/mol. The first kappa shape index (κ1) is 9.21. The largest absolute Gasteiger partial charge is 0.325 e. The molecule has 3 fully saturated rings. The molecule has 0 aromatic carbocycles. The van der Waals surface area contributed by atoms with Crippen LogP contribution in [0.4, 0.5) is 0 Å². The van der Waals surface area contributed by atoms with E-state index in [4.69, 9.17) is 5.73 Å². The first-order chi connectivity index (χ1) is 6.67. The molecule has 0 saturated heterocycles. The second-order valence-electron chi connectivity index (χ2n) is 6.32. The Balaban J connectivity index is 1.60. The van der Waals surface area contributed by atoms with Gasteiger partial charge < -0.3 is 5.73 Å². The third kappa shape index (κ3) is 1.41. The van der Waals surface area contributed by atoms with E-state index in [1.165, 1.54) is 38.5 Å². The van der Waals surface area contributed by atoms with Crippen molar-refractivity contribution in [3.63, 3.8) is 0 Å². The maximum atomic E-state index is 6.54. The van der Waals surface area contributed by atoms with Crippen molar-refractivity contribution < 1.29 is 0 Å². The molecule has 0 spiro atoms. The lowest BCUT2D eigenvalue weighted by Gasteiger charge is -2.32. The number of hydrogen-bond donors (Lipinski definition) is 1. The average Bonchev–Trinajstić information content (AvgIpc) is 2.60. The van der Waals surface area contributed by atoms with E-state index in [1.54, 1.807) is 6.42 Å². The minimum Gasteiger partial charge on any atom is -0.325 e. The summed E-state index contributed by atoms with van der Waals surface area (Å²) in [6.07, 6.45) is 9.94. The fraction of sp³-hybridized carbons (Fsp3) is 1.00. The van der Waals surface area contributed by atoms with Crippen LogP contribution in [0.5, 0.6) is 0 Å². The summed E-state index contributed by atoms with van der Waals surface area (Å²) in [7, 11) is 0. The fourth-order valence-corrected chi connectivity index (χ4v) is 4.12. The van der Waals surface area contributed by atoms with Gasteiger partial charge in [0.25, 0.3) is 0 Å². The molecule has 1 heteroatoms. The highest BCUT2D eigenvalue weighted by atomic mass is 14.8. The highest BCUT2D eigenvalue weighted by molar-refractivity contribution is 5.02. The molecule has 4 atom stereocenters. The molecule has 4 unspecified atom stereocenters. The number of nitrogens with two attached hydrogens (primary N) is 1. The minimum absolute atomic E-state index is 0.224. The van der Waals surface area contributed by atoms with Gasteiger partial charge in [-0.3, -0.25) is 0 Å². The van der Waals surface area contributed by atoms with E-state index in [0.717, 1.165) is 23.7 Å². The van der Waals surface area contributed by atoms with E-state index in [0.29, 0.717) is 0 Å². The van der Waals surface area contributed by atoms with E-state index in [-0.39, 0.29) is 5.54 Å². The summed E-state index contributed by atoms with van der Waals surface area (Å²) in [5.41, 5.74) is 6.77. The molecule has 3 rings (SSSR count). The molecule has 0 bridgehead atoms. The molecule has 0 aromatic rings. The Morgan fingerprint density at radius 3 is 2.50 bits per heavy atom. The summed E-state index contributed by atoms with van der Waals surface area (Å²) >= 11 is 0. The van der Waals surface area contributed by atoms with Crippen molar-refractivity contribution in [3.05, 3.63) is 0 Å². The smallest absolute Gasteiger partial charge is 0.0182 e. The van der Waals surface area contributed by atoms with Gasteiger partial charge in [0.2, 0.25) is 0 Å². The lowest BCUT2D eigenvalue weighted by atomic mass is 9.79. The SMILES string of the molecule is CC1CCCC1(N)CC1CC2CC2C1. The molecule has 3 aliphatic carbocycles. The van der Waals surface area contributed by atoms with Crippen molar-refractivity contribution in [2.24, 2.45) is 29.4 Å². The topological polar surface area (TPSA) is 26.0 Å². The minimum atomic E-state index is 0.224. The van der Waals surface area contributed by atoms with Gasteiger partial charge in [-0.05, 0) is 62.2 Å². The number of fused-ring (bicyclic) bond motifs is 1. The fourth-order valence-electron chi connectivity index (χ4n) is 4.12. The standard InChI is InChI=1S/C13H23N/c1-9-3-2-4-13(9,14)8-10-5-11-7-12(11)6-10/h9-12H,2-8,14H2,1H3. The summed E-state index contributed by atoms with van der Waals surface area (Å²) < 4.78 is 0. The second kappa shape index (κ2) is 2.98. The van der Waals surface area contributed by atoms with Crippen molar-refractivity contribution in [1.82, 2.24) is 0 Å². The zero-order chi connectivity index (χ0) is 9.76. The maximum absolute atomic E-state index is 6.54. The van der Waals surface area contributed by atoms with Crippen LogP contribution >= 0.6 is 0 Å². The molecular weight excluding hydrogens is 170 g/mol. The van der Waals surface area contributed by atoms with Crippen LogP contribution in [0.3, 0.4) is 0 Å². The van der Waals surface area contributed by atoms with Crippen molar-refractivity contribution in [2.75, 3.05) is 0 Å². The summed E-state index contributed by atoms with van der Waals surface area (Å²) in [5, 5.41) is 0. The Morgan fingerprint density at radius 2 is 1.93 bits per heavy atom. The number of hydrogen-bond acceptors (Lipinski definition) is 1. The molecule has 80 valence electrons. The van der Waals surface area contributed by atoms with Crippen LogP contribution in [0.15, 0.2) is 0 Å². The third-order valence-electron chi connectivity index (χ3n) is 5.27. The van der Waals surface area contributed by atoms with E-state index < -0.39 is 0 Å². The van der Waals surface area contributed by atoms with Crippen molar-refractivity contribution in [3.8, 4) is 0 Å². The van der Waals surface area contributed by atoms with Gasteiger partial charge in [0.15, 0.2) is 0 Å². The normalized spacial score (nSPS) is 56.1. The molecule has 1 nitrogen and oxygen atoms in total. The molecule has 14 heavy (non-hydrogen) atoms. The van der Waals surface area contributed by atoms with Gasteiger partial charge in [-0.1, -0.05) is 13.3 Å². The lowest BCUT2D eigenvalue weighted by Crippen LogP contribution is -2.43. The van der Waals surface area contributed by atoms with Gasteiger partial charge in [0.1, 0.15) is 0 Å². The van der Waals surface area contributed by atoms with Crippen LogP contribution in [0.2, 0.25) is 0 Å². The van der Waals surface area contributed by atoms with Gasteiger partial charge in [0.05, 0.1) is 0 Å². The predicted octanol–water partition coefficient (Wildman–Crippen LogP) is 2.94. The molecule has 0 aliphatic heterocycles. The summed E-state index contributed by atoms with van der Waals surface area (Å²) in [5.74, 6) is 4.02. The molecule has 0 aromatic heterocycles. The Labute approximate surface area is 87.4 Å². The molecule has 0 amide bonds. The Bertz CT molecular complexity index is 227. The molecule has 2 N–H and O–H groups in total. The summed E-state index contributed by atoms with van der Waals surface area (Å²) in [4.78, 5) is 0. The van der Waals surface area contributed by atoms with E-state index in [9.17, 15) is 0 Å². The van der Waals surface area contributed by atoms with Crippen LogP contribution in [-0.2, 0) is 0 Å². The highest BCUT2D eigenvalue weighted by Gasteiger charge is 2.48. The second-order valence-corrected chi connectivity index (χ2v) is 6.32. The number of rotatable bonds is 2. The highest BCUT2D eigenvalue weighted by Crippen LogP contribution is 2.56. The molecule has 3 saturated carbocycles. The molecule has 0 heterocycles. The van der Waals surface area contributed by atoms with Gasteiger partial charge in [-0.25, -0.2) is 0 Å². The van der Waals surface area contributed by atoms with E-state index in [2.05, 4.69) is 6.92 Å². The van der Waals surface area contributed by atoms with Gasteiger partial charge >= 0.3 is 0 Å². The first-order valence-electron chi connectivity index (χ1n) is 6.46. The monoisotopic (exact) mass is 193 g/mol. The molecule has 3 aliphatic rings. The van der Waals surface area contributed by atoms with E-state index >= 15 is 0 Å². The lowest BCUT2D eigenvalue weighted by molar-refractivity contribution is 0.253. The van der Waals surface area contributed by atoms with Crippen LogP contribution < -0.4 is 5.73 Å². The third-order valence-corrected chi connectivity index (χ3v) is 5.27. The Morgan fingerprint density at radius 1 is 1.21 bits per heavy atom. The van der Waals surface area contributed by atoms with Crippen molar-refractivity contribution in [1.29, 1.82) is 0 Å². The van der Waals surface area contributed by atoms with Crippen LogP contribution in [-0.4, -0.2) is 5.54 Å². The Kier molecular flexibility index (Phi) is 1.96. The summed E-state index contributed by atoms with van der Waals surface area (Å²) in [6, 6.07) is 0. The van der Waals surface area contributed by atoms with Gasteiger partial charge in [0, 0.05) is 5.54 Å². The van der Waals surface area contributed by atoms with Crippen molar-refractivity contribution in [2.45, 2.75) is 57.4 Å².